The third-order valence-corrected chi connectivity index (χ3v) is 22.9. The van der Waals surface area contributed by atoms with Crippen molar-refractivity contribution in [1.82, 2.24) is 16.1 Å². The van der Waals surface area contributed by atoms with Crippen molar-refractivity contribution in [2.24, 2.45) is 5.10 Å². The number of hydrogen-bond acceptors (Lipinski definition) is 10. The van der Waals surface area contributed by atoms with Gasteiger partial charge in [0.15, 0.2) is 22.6 Å². The molecule has 15 heteroatoms. The van der Waals surface area contributed by atoms with Crippen LogP contribution in [0, 0.1) is 0 Å². The van der Waals surface area contributed by atoms with Gasteiger partial charge in [0.05, 0.1) is 37.7 Å². The van der Waals surface area contributed by atoms with E-state index < -0.39 is 6.04 Å². The van der Waals surface area contributed by atoms with E-state index in [1.807, 2.05) is 24.5 Å². The van der Waals surface area contributed by atoms with Crippen LogP contribution in [0.1, 0.15) is 326 Å². The fraction of sp³-hybridized carbons (Fsp3) is 0.622. The van der Waals surface area contributed by atoms with Crippen molar-refractivity contribution in [2.75, 3.05) is 45.6 Å². The van der Waals surface area contributed by atoms with E-state index >= 15 is 0 Å². The van der Waals surface area contributed by atoms with Gasteiger partial charge in [-0.05, 0) is 123 Å². The molecule has 3 amide bonds. The molecular weight excluding hydrogens is 1340 g/mol. The lowest BCUT2D eigenvalue weighted by Crippen LogP contribution is -3.00. The number of unbranched alkanes of at least 4 members (excludes halogenated alkanes) is 31. The van der Waals surface area contributed by atoms with Crippen LogP contribution < -0.4 is 53.0 Å². The summed E-state index contributed by atoms with van der Waals surface area (Å²) in [5.74, 6) is 0.972. The Kier molecular flexibility index (Phi) is 40.1. The lowest BCUT2D eigenvalue weighted by molar-refractivity contribution is -0.438. The molecule has 0 fully saturated rings. The average molecular weight is 1480 g/mol. The van der Waals surface area contributed by atoms with Gasteiger partial charge >= 0.3 is 0 Å². The van der Waals surface area contributed by atoms with Crippen molar-refractivity contribution < 1.29 is 45.6 Å². The zero-order chi connectivity index (χ0) is 74.4. The minimum Gasteiger partial charge on any atom is -1.00 e. The van der Waals surface area contributed by atoms with Gasteiger partial charge in [-0.1, -0.05) is 256 Å². The van der Waals surface area contributed by atoms with Gasteiger partial charge in [0.1, 0.15) is 6.54 Å². The summed E-state index contributed by atoms with van der Waals surface area (Å²) >= 11 is 1.38. The Bertz CT molecular complexity index is 3510. The number of methoxy groups -OCH3 is 3. The summed E-state index contributed by atoms with van der Waals surface area (Å²) < 4.78 is 20.0. The van der Waals surface area contributed by atoms with E-state index in [2.05, 4.69) is 133 Å². The molecule has 3 aliphatic rings. The molecule has 13 nitrogen and oxygen atoms in total. The number of hydrogen-bond donors (Lipinski definition) is 3. The Balaban J connectivity index is 0.0000173. The standard InChI is InChI=1S/C90H134N6O7S.ClH/c1-11-13-15-17-19-21-23-25-26-27-28-29-30-31-32-34-36-37-39-45-63-95-76-50-42-41-49-73(76)89(3,4)81(95)51-47-52-82-90(5,6)74-65-69(56-60-77(74)96(82)64-46-40-38-35-33-24-22-20-18-16-14-12-2)68-91-83(98)54-48-55-85(100)94-92-62-44-43-53-84(99)93-75-59-57-70-66-79(101-7)87(102-8)88(103-9)86(70)71-58-61-80(104-10)78(97)67-72(71)75;/h41-42,47,49-52,56,58,60-62,65-67,75H,11-40,43-46,48,53-55,57,59,63-64,68H2,1-10H3,(H2-,91,93,94,98,99,100);1H/b92-62+;/t75-;/m0./s1. The summed E-state index contributed by atoms with van der Waals surface area (Å²) in [4.78, 5) is 56.4. The largest absolute Gasteiger partial charge is 1.00 e. The van der Waals surface area contributed by atoms with Gasteiger partial charge < -0.3 is 42.2 Å². The van der Waals surface area contributed by atoms with Crippen LogP contribution in [0.5, 0.6) is 17.2 Å². The molecule has 7 rings (SSSR count). The highest BCUT2D eigenvalue weighted by Crippen LogP contribution is 2.51. The molecule has 3 N–H and O–H groups in total. The van der Waals surface area contributed by atoms with Crippen molar-refractivity contribution in [3.05, 3.63) is 129 Å². The minimum atomic E-state index is -0.438. The number of thioether (sulfide) groups is 1. The van der Waals surface area contributed by atoms with E-state index in [1.165, 1.54) is 245 Å². The first-order valence-corrected chi connectivity index (χ1v) is 42.3. The molecule has 0 aromatic heterocycles. The summed E-state index contributed by atoms with van der Waals surface area (Å²) in [6, 6.07) is 22.7. The second-order valence-electron chi connectivity index (χ2n) is 30.8. The molecule has 0 radical (unpaired) electrons. The van der Waals surface area contributed by atoms with Gasteiger partial charge in [0.2, 0.25) is 29.2 Å². The quantitative estimate of drug-likeness (QED) is 0.0129. The number of halogens is 1. The summed E-state index contributed by atoms with van der Waals surface area (Å²) in [6.07, 6.45) is 57.3. The number of hydrazone groups is 1. The minimum absolute atomic E-state index is 0. The number of amides is 3. The van der Waals surface area contributed by atoms with E-state index in [0.717, 1.165) is 41.8 Å². The average Bonchev–Trinajstić information content (AvgIpc) is 1.60. The maximum absolute atomic E-state index is 13.5. The second-order valence-corrected chi connectivity index (χ2v) is 31.7. The molecule has 0 spiro atoms. The zero-order valence-electron chi connectivity index (χ0n) is 66.6. The lowest BCUT2D eigenvalue weighted by Gasteiger charge is -2.27. The third kappa shape index (κ3) is 27.1. The highest BCUT2D eigenvalue weighted by atomic mass is 35.5. The number of benzene rings is 3. The van der Waals surface area contributed by atoms with E-state index in [0.29, 0.717) is 66.4 Å². The molecule has 1 aliphatic carbocycles. The van der Waals surface area contributed by atoms with E-state index in [1.54, 1.807) is 33.6 Å². The molecule has 580 valence electrons. The monoisotopic (exact) mass is 1480 g/mol. The molecule has 4 aromatic rings. The topological polar surface area (TPSA) is 151 Å². The van der Waals surface area contributed by atoms with Crippen LogP contribution in [0.3, 0.4) is 0 Å². The number of carbonyl (C=O) groups excluding carboxylic acids is 3. The van der Waals surface area contributed by atoms with Crippen molar-refractivity contribution in [2.45, 2.75) is 327 Å². The van der Waals surface area contributed by atoms with Gasteiger partial charge in [-0.3, -0.25) is 19.2 Å². The number of anilines is 1. The van der Waals surface area contributed by atoms with Crippen LogP contribution >= 0.6 is 11.8 Å². The van der Waals surface area contributed by atoms with Crippen molar-refractivity contribution >= 4 is 52.8 Å². The Morgan fingerprint density at radius 1 is 0.610 bits per heavy atom. The lowest BCUT2D eigenvalue weighted by atomic mass is 9.81. The predicted octanol–water partition coefficient (Wildman–Crippen LogP) is 19.5. The maximum atomic E-state index is 13.5. The summed E-state index contributed by atoms with van der Waals surface area (Å²) in [5.41, 5.74) is 14.4. The number of aryl methyl sites for hydroxylation is 1. The number of carbonyl (C=O) groups is 3. The van der Waals surface area contributed by atoms with Gasteiger partial charge in [0, 0.05) is 85.1 Å². The third-order valence-electron chi connectivity index (χ3n) is 22.1. The Morgan fingerprint density at radius 2 is 1.17 bits per heavy atom. The SMILES string of the molecule is CCCCCCCCCCCCCCCCCCCCCC[N+]1=C(/C=C\C=C2\N(CCCCCCCCCCCCCC)c3ccc(CNC(=O)CCCC(=O)N/N=C/CCCC(=O)N[C@H]4CCc5cc(OC)c(OC)c(OC)c5-c5ccc(SC)c(=O)cc54)cc3C2(C)C)C(C)(C)c2ccccc21.[Cl-]. The first-order chi connectivity index (χ1) is 50.6. The van der Waals surface area contributed by atoms with Crippen LogP contribution in [0.15, 0.2) is 105 Å². The molecule has 1 atom stereocenters. The first-order valence-electron chi connectivity index (χ1n) is 41.1. The van der Waals surface area contributed by atoms with Crippen molar-refractivity contribution in [1.29, 1.82) is 0 Å². The summed E-state index contributed by atoms with van der Waals surface area (Å²) in [7, 11) is 4.74. The fourth-order valence-electron chi connectivity index (χ4n) is 16.0. The van der Waals surface area contributed by atoms with Crippen LogP contribution in [0.2, 0.25) is 0 Å². The van der Waals surface area contributed by atoms with E-state index in [4.69, 9.17) is 14.2 Å². The number of nitrogens with zero attached hydrogens (tertiary/aromatic N) is 3. The number of nitrogens with one attached hydrogen (secondary N) is 3. The molecule has 0 saturated carbocycles. The van der Waals surface area contributed by atoms with Gasteiger partial charge in [-0.15, -0.1) is 11.8 Å². The molecule has 0 unspecified atom stereocenters. The highest BCUT2D eigenvalue weighted by molar-refractivity contribution is 7.98. The van der Waals surface area contributed by atoms with E-state index in [9.17, 15) is 19.2 Å². The number of ether oxygens (including phenoxy) is 3. The predicted molar refractivity (Wildman–Crippen MR) is 437 cm³/mol. The molecule has 0 saturated heterocycles. The van der Waals surface area contributed by atoms with Gasteiger partial charge in [-0.2, -0.15) is 9.68 Å². The summed E-state index contributed by atoms with van der Waals surface area (Å²) in [5, 5.41) is 10.5. The van der Waals surface area contributed by atoms with Crippen LogP contribution in [-0.4, -0.2) is 74.9 Å². The number of rotatable bonds is 52. The summed E-state index contributed by atoms with van der Waals surface area (Å²) in [6.45, 7) is 16.5. The van der Waals surface area contributed by atoms with Crippen LogP contribution in [-0.2, 0) is 38.2 Å². The highest BCUT2D eigenvalue weighted by Gasteiger charge is 2.44. The Hall–Kier alpha value is -6.38. The Morgan fingerprint density at radius 3 is 1.75 bits per heavy atom. The van der Waals surface area contributed by atoms with Gasteiger partial charge in [0.25, 0.3) is 0 Å². The molecule has 2 heterocycles. The molecule has 0 bridgehead atoms. The van der Waals surface area contributed by atoms with Gasteiger partial charge in [-0.25, -0.2) is 5.43 Å². The fourth-order valence-corrected chi connectivity index (χ4v) is 16.5. The zero-order valence-corrected chi connectivity index (χ0v) is 68.2. The number of para-hydroxylation sites is 1. The van der Waals surface area contributed by atoms with Crippen LogP contribution in [0.25, 0.3) is 11.1 Å². The van der Waals surface area contributed by atoms with Crippen molar-refractivity contribution in [3.8, 4) is 28.4 Å². The normalized spacial score (nSPS) is 15.2. The Labute approximate surface area is 645 Å². The van der Waals surface area contributed by atoms with E-state index in [-0.39, 0.29) is 65.6 Å². The van der Waals surface area contributed by atoms with Crippen LogP contribution in [0.4, 0.5) is 11.4 Å². The first kappa shape index (κ1) is 87.5. The number of fused-ring (bicyclic) bond motifs is 5. The second kappa shape index (κ2) is 48.1. The molecule has 4 aromatic carbocycles. The van der Waals surface area contributed by atoms with Crippen molar-refractivity contribution in [3.63, 3.8) is 0 Å². The maximum Gasteiger partial charge on any atom is 0.240 e. The number of allylic oxidation sites excluding steroid dienone is 4. The molecule has 105 heavy (non-hydrogen) atoms. The smallest absolute Gasteiger partial charge is 0.240 e. The molecular formula is C90H135ClN6O7S. The molecule has 2 aliphatic heterocycles.